The van der Waals surface area contributed by atoms with Gasteiger partial charge in [0.05, 0.1) is 11.3 Å². The highest BCUT2D eigenvalue weighted by Crippen LogP contribution is 2.35. The number of hydrogen-bond donors (Lipinski definition) is 1. The Morgan fingerprint density at radius 2 is 1.32 bits per heavy atom. The maximum absolute atomic E-state index is 13.6. The van der Waals surface area contributed by atoms with E-state index in [4.69, 9.17) is 0 Å². The fourth-order valence-corrected chi connectivity index (χ4v) is 3.88. The van der Waals surface area contributed by atoms with Gasteiger partial charge in [-0.1, -0.05) is 47.5 Å². The highest BCUT2D eigenvalue weighted by atomic mass is 16.2. The van der Waals surface area contributed by atoms with Crippen LogP contribution in [0.2, 0.25) is 0 Å². The SMILES string of the molecule is Cc1ccc(N2C(=O)C(Nc3ccc(C)c(C)c3)=C(c3ccc(C)cc3C)C2=O)cc1. The van der Waals surface area contributed by atoms with Crippen LogP contribution in [0.3, 0.4) is 0 Å². The lowest BCUT2D eigenvalue weighted by Crippen LogP contribution is -2.32. The van der Waals surface area contributed by atoms with Crippen LogP contribution in [0.25, 0.3) is 5.57 Å². The van der Waals surface area contributed by atoms with Crippen molar-refractivity contribution in [1.82, 2.24) is 0 Å². The molecule has 4 nitrogen and oxygen atoms in total. The number of hydrogen-bond acceptors (Lipinski definition) is 3. The molecule has 4 heteroatoms. The minimum Gasteiger partial charge on any atom is -0.350 e. The van der Waals surface area contributed by atoms with E-state index in [-0.39, 0.29) is 11.8 Å². The molecule has 4 rings (SSSR count). The molecule has 1 N–H and O–H groups in total. The number of nitrogens with one attached hydrogen (secondary N) is 1. The van der Waals surface area contributed by atoms with Crippen molar-refractivity contribution in [3.05, 3.63) is 99.7 Å². The van der Waals surface area contributed by atoms with Crippen LogP contribution in [-0.2, 0) is 9.59 Å². The lowest BCUT2D eigenvalue weighted by molar-refractivity contribution is -0.120. The predicted molar refractivity (Wildman–Crippen MR) is 126 cm³/mol. The van der Waals surface area contributed by atoms with Crippen molar-refractivity contribution in [2.45, 2.75) is 34.6 Å². The summed E-state index contributed by atoms with van der Waals surface area (Å²) >= 11 is 0. The summed E-state index contributed by atoms with van der Waals surface area (Å²) < 4.78 is 0. The lowest BCUT2D eigenvalue weighted by Gasteiger charge is -2.16. The fourth-order valence-electron chi connectivity index (χ4n) is 3.88. The number of imide groups is 1. The Bertz CT molecular complexity index is 1240. The first-order valence-corrected chi connectivity index (χ1v) is 10.4. The molecule has 156 valence electrons. The van der Waals surface area contributed by atoms with Crippen molar-refractivity contribution >= 4 is 28.8 Å². The van der Waals surface area contributed by atoms with Crippen molar-refractivity contribution < 1.29 is 9.59 Å². The van der Waals surface area contributed by atoms with E-state index in [1.807, 2.05) is 95.3 Å². The van der Waals surface area contributed by atoms with Crippen LogP contribution in [0, 0.1) is 34.6 Å². The Labute approximate surface area is 183 Å². The molecular weight excluding hydrogens is 384 g/mol. The van der Waals surface area contributed by atoms with E-state index in [2.05, 4.69) is 5.32 Å². The second-order valence-corrected chi connectivity index (χ2v) is 8.27. The van der Waals surface area contributed by atoms with Gasteiger partial charge in [0.1, 0.15) is 5.70 Å². The first-order valence-electron chi connectivity index (χ1n) is 10.4. The van der Waals surface area contributed by atoms with Gasteiger partial charge in [-0.15, -0.1) is 0 Å². The maximum Gasteiger partial charge on any atom is 0.282 e. The largest absolute Gasteiger partial charge is 0.350 e. The Kier molecular flexibility index (Phi) is 5.24. The van der Waals surface area contributed by atoms with Gasteiger partial charge in [-0.3, -0.25) is 9.59 Å². The number of nitrogens with zero attached hydrogens (tertiary/aromatic N) is 1. The molecule has 2 amide bonds. The number of rotatable bonds is 4. The Morgan fingerprint density at radius 3 is 1.97 bits per heavy atom. The molecule has 0 aliphatic carbocycles. The number of anilines is 2. The zero-order valence-electron chi connectivity index (χ0n) is 18.5. The molecule has 0 aromatic heterocycles. The van der Waals surface area contributed by atoms with Crippen molar-refractivity contribution in [1.29, 1.82) is 0 Å². The van der Waals surface area contributed by atoms with Crippen LogP contribution in [0.4, 0.5) is 11.4 Å². The highest BCUT2D eigenvalue weighted by Gasteiger charge is 2.40. The third-order valence-electron chi connectivity index (χ3n) is 5.80. The zero-order valence-corrected chi connectivity index (χ0v) is 18.5. The van der Waals surface area contributed by atoms with Gasteiger partial charge >= 0.3 is 0 Å². The van der Waals surface area contributed by atoms with E-state index in [1.165, 1.54) is 10.5 Å². The summed E-state index contributed by atoms with van der Waals surface area (Å²) in [5, 5.41) is 3.26. The lowest BCUT2D eigenvalue weighted by atomic mass is 9.97. The second-order valence-electron chi connectivity index (χ2n) is 8.27. The van der Waals surface area contributed by atoms with Crippen LogP contribution in [0.1, 0.15) is 33.4 Å². The first-order chi connectivity index (χ1) is 14.8. The number of amides is 2. The highest BCUT2D eigenvalue weighted by molar-refractivity contribution is 6.46. The van der Waals surface area contributed by atoms with Crippen LogP contribution in [0.15, 0.2) is 66.4 Å². The van der Waals surface area contributed by atoms with E-state index in [9.17, 15) is 9.59 Å². The van der Waals surface area contributed by atoms with Gasteiger partial charge in [0, 0.05) is 5.69 Å². The smallest absolute Gasteiger partial charge is 0.282 e. The summed E-state index contributed by atoms with van der Waals surface area (Å²) in [7, 11) is 0. The van der Waals surface area contributed by atoms with Crippen molar-refractivity contribution in [3.63, 3.8) is 0 Å². The van der Waals surface area contributed by atoms with Crippen molar-refractivity contribution in [2.75, 3.05) is 10.2 Å². The van der Waals surface area contributed by atoms with E-state index in [1.54, 1.807) is 0 Å². The summed E-state index contributed by atoms with van der Waals surface area (Å²) in [5.74, 6) is -0.658. The summed E-state index contributed by atoms with van der Waals surface area (Å²) in [6.07, 6.45) is 0. The predicted octanol–water partition coefficient (Wildman–Crippen LogP) is 5.63. The van der Waals surface area contributed by atoms with Crippen LogP contribution < -0.4 is 10.2 Å². The monoisotopic (exact) mass is 410 g/mol. The van der Waals surface area contributed by atoms with Gasteiger partial charge < -0.3 is 5.32 Å². The molecule has 3 aromatic carbocycles. The van der Waals surface area contributed by atoms with Crippen LogP contribution in [0.5, 0.6) is 0 Å². The molecule has 0 spiro atoms. The standard InChI is InChI=1S/C27H26N2O2/c1-16-6-11-22(12-7-16)29-26(30)24(23-13-8-17(2)14-20(23)5)25(27(29)31)28-21-10-9-18(3)19(4)15-21/h6-15,28H,1-5H3. The second kappa shape index (κ2) is 7.88. The third kappa shape index (κ3) is 3.77. The molecule has 0 unspecified atom stereocenters. The molecule has 0 radical (unpaired) electrons. The number of carbonyl (C=O) groups is 2. The summed E-state index contributed by atoms with van der Waals surface area (Å²) in [6.45, 7) is 10.0. The Hall–Kier alpha value is -3.66. The van der Waals surface area contributed by atoms with Gasteiger partial charge in [0.25, 0.3) is 11.8 Å². The number of benzene rings is 3. The van der Waals surface area contributed by atoms with Gasteiger partial charge in [-0.25, -0.2) is 4.90 Å². The van der Waals surface area contributed by atoms with E-state index < -0.39 is 0 Å². The minimum absolute atomic E-state index is 0.306. The van der Waals surface area contributed by atoms with E-state index in [0.717, 1.165) is 33.5 Å². The number of aryl methyl sites for hydroxylation is 5. The average molecular weight is 411 g/mol. The van der Waals surface area contributed by atoms with Gasteiger partial charge in [0.2, 0.25) is 0 Å². The molecule has 31 heavy (non-hydrogen) atoms. The van der Waals surface area contributed by atoms with Gasteiger partial charge in [-0.2, -0.15) is 0 Å². The minimum atomic E-state index is -0.345. The topological polar surface area (TPSA) is 49.4 Å². The third-order valence-corrected chi connectivity index (χ3v) is 5.80. The normalized spacial score (nSPS) is 13.9. The molecule has 1 aliphatic rings. The Morgan fingerprint density at radius 1 is 0.645 bits per heavy atom. The molecule has 0 atom stereocenters. The summed E-state index contributed by atoms with van der Waals surface area (Å²) in [4.78, 5) is 28.3. The Balaban J connectivity index is 1.85. The zero-order chi connectivity index (χ0) is 22.3. The quantitative estimate of drug-likeness (QED) is 0.568. The fraction of sp³-hybridized carbons (Fsp3) is 0.185. The van der Waals surface area contributed by atoms with Crippen molar-refractivity contribution in [2.24, 2.45) is 0 Å². The van der Waals surface area contributed by atoms with E-state index >= 15 is 0 Å². The van der Waals surface area contributed by atoms with Gasteiger partial charge in [0.15, 0.2) is 0 Å². The first kappa shape index (κ1) is 20.6. The maximum atomic E-state index is 13.6. The molecule has 0 bridgehead atoms. The van der Waals surface area contributed by atoms with Crippen LogP contribution in [-0.4, -0.2) is 11.8 Å². The average Bonchev–Trinajstić information content (AvgIpc) is 2.96. The van der Waals surface area contributed by atoms with Crippen molar-refractivity contribution in [3.8, 4) is 0 Å². The molecule has 1 heterocycles. The van der Waals surface area contributed by atoms with Gasteiger partial charge in [-0.05, 0) is 81.1 Å². The molecule has 3 aromatic rings. The van der Waals surface area contributed by atoms with Crippen LogP contribution >= 0.6 is 0 Å². The molecule has 0 saturated carbocycles. The molecule has 0 saturated heterocycles. The number of carbonyl (C=O) groups excluding carboxylic acids is 2. The summed E-state index contributed by atoms with van der Waals surface area (Å²) in [5.41, 5.74) is 8.26. The molecule has 0 fully saturated rings. The molecule has 1 aliphatic heterocycles. The summed E-state index contributed by atoms with van der Waals surface area (Å²) in [6, 6.07) is 19.3. The molecular formula is C27H26N2O2. The van der Waals surface area contributed by atoms with E-state index in [0.29, 0.717) is 17.0 Å².